The normalized spacial score (nSPS) is 18.1. The lowest BCUT2D eigenvalue weighted by Gasteiger charge is -2.19. The van der Waals surface area contributed by atoms with Crippen LogP contribution in [0.5, 0.6) is 0 Å². The van der Waals surface area contributed by atoms with Gasteiger partial charge < -0.3 is 4.74 Å². The maximum absolute atomic E-state index is 12.0. The third kappa shape index (κ3) is 2.96. The summed E-state index contributed by atoms with van der Waals surface area (Å²) in [5.41, 5.74) is 0.728. The molecule has 2 amide bonds. The molecule has 0 aromatic heterocycles. The van der Waals surface area contributed by atoms with Crippen molar-refractivity contribution in [3.63, 3.8) is 0 Å². The molecule has 0 radical (unpaired) electrons. The SMILES string of the molecule is O=C(CC=C(F)F)N1C(=O)OC[C@@H]1c1ccccc1. The topological polar surface area (TPSA) is 46.6 Å². The molecule has 1 fully saturated rings. The summed E-state index contributed by atoms with van der Waals surface area (Å²) in [6.07, 6.45) is -2.79. The van der Waals surface area contributed by atoms with Crippen molar-refractivity contribution < 1.29 is 23.1 Å². The van der Waals surface area contributed by atoms with Gasteiger partial charge in [0.05, 0.1) is 6.42 Å². The summed E-state index contributed by atoms with van der Waals surface area (Å²) in [6.45, 7) is 0.0381. The van der Waals surface area contributed by atoms with Crippen LogP contribution in [0.25, 0.3) is 0 Å². The van der Waals surface area contributed by atoms with Crippen LogP contribution < -0.4 is 0 Å². The number of nitrogens with zero attached hydrogens (tertiary/aromatic N) is 1. The van der Waals surface area contributed by atoms with E-state index < -0.39 is 30.5 Å². The van der Waals surface area contributed by atoms with Gasteiger partial charge in [0.1, 0.15) is 12.6 Å². The number of hydrogen-bond donors (Lipinski definition) is 0. The van der Waals surface area contributed by atoms with E-state index in [1.54, 1.807) is 30.3 Å². The standard InChI is InChI=1S/C13H11F2NO3/c14-11(15)6-7-12(17)16-10(8-19-13(16)18)9-4-2-1-3-5-9/h1-6,10H,7-8H2/t10-/m1/s1. The van der Waals surface area contributed by atoms with Crippen LogP contribution in [0.4, 0.5) is 13.6 Å². The maximum atomic E-state index is 12.0. The average Bonchev–Trinajstić information content (AvgIpc) is 2.79. The van der Waals surface area contributed by atoms with Gasteiger partial charge in [-0.1, -0.05) is 30.3 Å². The molecular weight excluding hydrogens is 256 g/mol. The second-order valence-corrected chi connectivity index (χ2v) is 3.97. The molecule has 1 aliphatic rings. The van der Waals surface area contributed by atoms with Crippen molar-refractivity contribution in [3.05, 3.63) is 48.1 Å². The molecule has 1 saturated heterocycles. The van der Waals surface area contributed by atoms with Crippen LogP contribution in [0.1, 0.15) is 18.0 Å². The number of imide groups is 1. The third-order valence-electron chi connectivity index (χ3n) is 2.76. The summed E-state index contributed by atoms with van der Waals surface area (Å²) in [7, 11) is 0. The minimum Gasteiger partial charge on any atom is -0.446 e. The van der Waals surface area contributed by atoms with E-state index in [9.17, 15) is 18.4 Å². The fourth-order valence-corrected chi connectivity index (χ4v) is 1.88. The summed E-state index contributed by atoms with van der Waals surface area (Å²) >= 11 is 0. The van der Waals surface area contributed by atoms with Crippen LogP contribution >= 0.6 is 0 Å². The molecule has 0 aliphatic carbocycles. The Morgan fingerprint density at radius 2 is 2.05 bits per heavy atom. The molecule has 0 saturated carbocycles. The van der Waals surface area contributed by atoms with Crippen molar-refractivity contribution in [2.45, 2.75) is 12.5 Å². The van der Waals surface area contributed by atoms with Gasteiger partial charge in [0, 0.05) is 0 Å². The molecule has 2 rings (SSSR count). The summed E-state index contributed by atoms with van der Waals surface area (Å²) < 4.78 is 28.8. The first-order valence-electron chi connectivity index (χ1n) is 5.64. The molecule has 19 heavy (non-hydrogen) atoms. The Balaban J connectivity index is 2.19. The van der Waals surface area contributed by atoms with Crippen molar-refractivity contribution in [1.82, 2.24) is 4.90 Å². The first-order valence-corrected chi connectivity index (χ1v) is 5.64. The van der Waals surface area contributed by atoms with E-state index in [1.807, 2.05) is 0 Å². The Kier molecular flexibility index (Phi) is 3.89. The Morgan fingerprint density at radius 3 is 2.68 bits per heavy atom. The zero-order valence-electron chi connectivity index (χ0n) is 9.88. The van der Waals surface area contributed by atoms with E-state index in [0.29, 0.717) is 6.08 Å². The van der Waals surface area contributed by atoms with Crippen LogP contribution in [-0.2, 0) is 9.53 Å². The number of rotatable bonds is 3. The molecule has 4 nitrogen and oxygen atoms in total. The zero-order chi connectivity index (χ0) is 13.8. The van der Waals surface area contributed by atoms with Gasteiger partial charge in [-0.05, 0) is 11.6 Å². The van der Waals surface area contributed by atoms with Gasteiger partial charge in [-0.3, -0.25) is 4.79 Å². The number of amides is 2. The first kappa shape index (κ1) is 13.2. The van der Waals surface area contributed by atoms with Gasteiger partial charge in [-0.2, -0.15) is 8.78 Å². The Bertz CT molecular complexity index is 512. The number of carbonyl (C=O) groups excluding carboxylic acids is 2. The molecule has 100 valence electrons. The summed E-state index contributed by atoms with van der Waals surface area (Å²) in [4.78, 5) is 24.2. The van der Waals surface area contributed by atoms with Gasteiger partial charge in [-0.25, -0.2) is 9.69 Å². The minimum atomic E-state index is -1.95. The van der Waals surface area contributed by atoms with Gasteiger partial charge in [-0.15, -0.1) is 0 Å². The Labute approximate surface area is 108 Å². The molecule has 1 aromatic rings. The van der Waals surface area contributed by atoms with Crippen molar-refractivity contribution >= 4 is 12.0 Å². The Morgan fingerprint density at radius 1 is 1.37 bits per heavy atom. The third-order valence-corrected chi connectivity index (χ3v) is 2.76. The predicted octanol–water partition coefficient (Wildman–Crippen LogP) is 2.88. The van der Waals surface area contributed by atoms with Crippen molar-refractivity contribution in [2.24, 2.45) is 0 Å². The molecule has 0 spiro atoms. The highest BCUT2D eigenvalue weighted by atomic mass is 19.3. The summed E-state index contributed by atoms with van der Waals surface area (Å²) in [5, 5.41) is 0. The predicted molar refractivity (Wildman–Crippen MR) is 62.3 cm³/mol. The van der Waals surface area contributed by atoms with E-state index in [2.05, 4.69) is 0 Å². The van der Waals surface area contributed by atoms with Gasteiger partial charge in [0.25, 0.3) is 6.08 Å². The van der Waals surface area contributed by atoms with Crippen LogP contribution in [0.15, 0.2) is 42.5 Å². The largest absolute Gasteiger partial charge is 0.446 e. The molecule has 1 aromatic carbocycles. The van der Waals surface area contributed by atoms with Crippen molar-refractivity contribution in [3.8, 4) is 0 Å². The second kappa shape index (κ2) is 5.60. The molecule has 0 N–H and O–H groups in total. The van der Waals surface area contributed by atoms with Crippen molar-refractivity contribution in [2.75, 3.05) is 6.61 Å². The number of ether oxygens (including phenoxy) is 1. The van der Waals surface area contributed by atoms with Crippen LogP contribution in [0, 0.1) is 0 Å². The highest BCUT2D eigenvalue weighted by Crippen LogP contribution is 2.28. The van der Waals surface area contributed by atoms with E-state index in [1.165, 1.54) is 0 Å². The molecule has 1 atom stereocenters. The van der Waals surface area contributed by atoms with E-state index >= 15 is 0 Å². The fraction of sp³-hybridized carbons (Fsp3) is 0.231. The quantitative estimate of drug-likeness (QED) is 0.846. The number of benzene rings is 1. The van der Waals surface area contributed by atoms with E-state index in [-0.39, 0.29) is 6.61 Å². The van der Waals surface area contributed by atoms with Gasteiger partial charge in [0.2, 0.25) is 5.91 Å². The lowest BCUT2D eigenvalue weighted by Crippen LogP contribution is -2.33. The molecule has 0 bridgehead atoms. The smallest absolute Gasteiger partial charge is 0.417 e. The minimum absolute atomic E-state index is 0.0381. The van der Waals surface area contributed by atoms with Crippen molar-refractivity contribution in [1.29, 1.82) is 0 Å². The van der Waals surface area contributed by atoms with E-state index in [4.69, 9.17) is 4.74 Å². The van der Waals surface area contributed by atoms with Gasteiger partial charge >= 0.3 is 6.09 Å². The van der Waals surface area contributed by atoms with E-state index in [0.717, 1.165) is 10.5 Å². The maximum Gasteiger partial charge on any atom is 0.417 e. The molecule has 1 aliphatic heterocycles. The zero-order valence-corrected chi connectivity index (χ0v) is 9.88. The van der Waals surface area contributed by atoms with Crippen LogP contribution in [-0.4, -0.2) is 23.5 Å². The fourth-order valence-electron chi connectivity index (χ4n) is 1.88. The highest BCUT2D eigenvalue weighted by Gasteiger charge is 2.38. The van der Waals surface area contributed by atoms with Gasteiger partial charge in [0.15, 0.2) is 0 Å². The van der Waals surface area contributed by atoms with Crippen LogP contribution in [0.3, 0.4) is 0 Å². The summed E-state index contributed by atoms with van der Waals surface area (Å²) in [5.74, 6) is -0.704. The molecule has 0 unspecified atom stereocenters. The Hall–Kier alpha value is -2.24. The molecular formula is C13H11F2NO3. The second-order valence-electron chi connectivity index (χ2n) is 3.97. The number of carbonyl (C=O) groups is 2. The number of cyclic esters (lactones) is 1. The number of halogens is 2. The molecule has 6 heteroatoms. The lowest BCUT2D eigenvalue weighted by molar-refractivity contribution is -0.128. The lowest BCUT2D eigenvalue weighted by atomic mass is 10.1. The monoisotopic (exact) mass is 267 g/mol. The number of hydrogen-bond acceptors (Lipinski definition) is 3. The molecule has 1 heterocycles. The average molecular weight is 267 g/mol. The van der Waals surface area contributed by atoms with Crippen LogP contribution in [0.2, 0.25) is 0 Å². The first-order chi connectivity index (χ1) is 9.09. The highest BCUT2D eigenvalue weighted by molar-refractivity contribution is 5.94. The summed E-state index contributed by atoms with van der Waals surface area (Å²) in [6, 6.07) is 8.27.